The molecule has 1 aromatic carbocycles. The topological polar surface area (TPSA) is 93.8 Å². The fraction of sp³-hybridized carbons (Fsp3) is 0.125. The number of hydrogen-bond donors (Lipinski definition) is 1. The van der Waals surface area contributed by atoms with Crippen LogP contribution in [0, 0.1) is 6.92 Å². The molecule has 0 aliphatic rings. The zero-order valence-electron chi connectivity index (χ0n) is 17.4. The van der Waals surface area contributed by atoms with E-state index in [-0.39, 0.29) is 5.56 Å². The van der Waals surface area contributed by atoms with E-state index < -0.39 is 0 Å². The molecule has 0 unspecified atom stereocenters. The molecule has 1 N–H and O–H groups in total. The second-order valence-corrected chi connectivity index (χ2v) is 7.87. The summed E-state index contributed by atoms with van der Waals surface area (Å²) in [7, 11) is 0. The predicted molar refractivity (Wildman–Crippen MR) is 123 cm³/mol. The van der Waals surface area contributed by atoms with Gasteiger partial charge >= 0.3 is 0 Å². The van der Waals surface area contributed by atoms with Crippen LogP contribution in [0.1, 0.15) is 11.1 Å². The Morgan fingerprint density at radius 2 is 1.94 bits per heavy atom. The van der Waals surface area contributed by atoms with Crippen LogP contribution < -0.4 is 5.56 Å². The van der Waals surface area contributed by atoms with E-state index in [2.05, 4.69) is 50.2 Å². The quantitative estimate of drug-likeness (QED) is 0.470. The Balaban J connectivity index is 1.37. The zero-order chi connectivity index (χ0) is 21.7. The van der Waals surface area contributed by atoms with Crippen molar-refractivity contribution in [2.24, 2.45) is 0 Å². The lowest BCUT2D eigenvalue weighted by Crippen LogP contribution is -2.21. The molecular formula is C24H19N7O. The molecule has 0 saturated heterocycles. The van der Waals surface area contributed by atoms with Gasteiger partial charge in [0.2, 0.25) is 0 Å². The lowest BCUT2D eigenvalue weighted by molar-refractivity contribution is 0.676. The van der Waals surface area contributed by atoms with Crippen LogP contribution in [0.4, 0.5) is 0 Å². The number of benzene rings is 1. The van der Waals surface area contributed by atoms with Crippen molar-refractivity contribution in [3.8, 4) is 11.4 Å². The summed E-state index contributed by atoms with van der Waals surface area (Å²) in [6.07, 6.45) is 9.57. The summed E-state index contributed by atoms with van der Waals surface area (Å²) in [5.41, 5.74) is 4.97. The average molecular weight is 421 g/mol. The summed E-state index contributed by atoms with van der Waals surface area (Å²) < 4.78 is 3.35. The highest BCUT2D eigenvalue weighted by atomic mass is 16.1. The molecule has 0 amide bonds. The van der Waals surface area contributed by atoms with Crippen LogP contribution in [0.2, 0.25) is 0 Å². The maximum atomic E-state index is 13.2. The summed E-state index contributed by atoms with van der Waals surface area (Å²) >= 11 is 0. The third-order valence-corrected chi connectivity index (χ3v) is 5.79. The summed E-state index contributed by atoms with van der Waals surface area (Å²) in [6.45, 7) is 2.66. The Hall–Kier alpha value is -4.33. The molecule has 0 fully saturated rings. The van der Waals surface area contributed by atoms with Gasteiger partial charge in [-0.25, -0.2) is 4.98 Å². The van der Waals surface area contributed by atoms with Crippen molar-refractivity contribution in [2.75, 3.05) is 0 Å². The van der Waals surface area contributed by atoms with E-state index in [1.807, 2.05) is 30.6 Å². The Morgan fingerprint density at radius 1 is 1.06 bits per heavy atom. The van der Waals surface area contributed by atoms with Crippen molar-refractivity contribution in [1.29, 1.82) is 0 Å². The van der Waals surface area contributed by atoms with Gasteiger partial charge in [0.1, 0.15) is 0 Å². The van der Waals surface area contributed by atoms with Crippen molar-refractivity contribution in [1.82, 2.24) is 34.1 Å². The second-order valence-electron chi connectivity index (χ2n) is 7.87. The molecule has 8 nitrogen and oxygen atoms in total. The SMILES string of the molecule is Cc1ccc2[nH]cc(CCn3ccc4c(cnc5nc(-c6ccncc6)nn54)c3=O)c2c1. The third-order valence-electron chi connectivity index (χ3n) is 5.79. The lowest BCUT2D eigenvalue weighted by atomic mass is 10.1. The molecule has 32 heavy (non-hydrogen) atoms. The number of rotatable bonds is 4. The number of H-pyrrole nitrogens is 1. The minimum atomic E-state index is -0.0890. The number of nitrogens with zero attached hydrogens (tertiary/aromatic N) is 6. The van der Waals surface area contributed by atoms with Gasteiger partial charge in [-0.3, -0.25) is 9.78 Å². The molecule has 0 aliphatic heterocycles. The number of aromatic amines is 1. The summed E-state index contributed by atoms with van der Waals surface area (Å²) in [6, 6.07) is 11.9. The van der Waals surface area contributed by atoms with Crippen LogP contribution in [0.25, 0.3) is 39.0 Å². The minimum absolute atomic E-state index is 0.0890. The maximum absolute atomic E-state index is 13.2. The van der Waals surface area contributed by atoms with Crippen LogP contribution in [0.3, 0.4) is 0 Å². The average Bonchev–Trinajstić information content (AvgIpc) is 3.43. The van der Waals surface area contributed by atoms with E-state index >= 15 is 0 Å². The van der Waals surface area contributed by atoms with Gasteiger partial charge in [0.05, 0.1) is 10.9 Å². The maximum Gasteiger partial charge on any atom is 0.261 e. The fourth-order valence-electron chi connectivity index (χ4n) is 4.10. The molecule has 0 bridgehead atoms. The van der Waals surface area contributed by atoms with E-state index in [0.717, 1.165) is 17.5 Å². The second kappa shape index (κ2) is 7.12. The van der Waals surface area contributed by atoms with Gasteiger partial charge in [-0.05, 0) is 49.2 Å². The fourth-order valence-corrected chi connectivity index (χ4v) is 4.10. The largest absolute Gasteiger partial charge is 0.361 e. The molecule has 0 radical (unpaired) electrons. The van der Waals surface area contributed by atoms with Crippen LogP contribution in [0.15, 0.2) is 72.2 Å². The highest BCUT2D eigenvalue weighted by molar-refractivity contribution is 5.84. The summed E-state index contributed by atoms with van der Waals surface area (Å²) in [5.74, 6) is 1.00. The summed E-state index contributed by atoms with van der Waals surface area (Å²) in [5, 5.41) is 6.29. The lowest BCUT2D eigenvalue weighted by Gasteiger charge is -2.07. The first-order chi connectivity index (χ1) is 15.7. The highest BCUT2D eigenvalue weighted by Gasteiger charge is 2.13. The first-order valence-corrected chi connectivity index (χ1v) is 10.4. The van der Waals surface area contributed by atoms with Gasteiger partial charge in [0.15, 0.2) is 5.82 Å². The molecule has 8 heteroatoms. The number of nitrogens with one attached hydrogen (secondary N) is 1. The molecule has 0 aliphatic carbocycles. The first-order valence-electron chi connectivity index (χ1n) is 10.4. The van der Waals surface area contributed by atoms with Crippen LogP contribution in [-0.4, -0.2) is 34.1 Å². The number of pyridine rings is 2. The Bertz CT molecular complexity index is 1660. The van der Waals surface area contributed by atoms with E-state index in [1.165, 1.54) is 16.5 Å². The van der Waals surface area contributed by atoms with E-state index in [9.17, 15) is 4.79 Å². The Labute approximate surface area is 182 Å². The van der Waals surface area contributed by atoms with Crippen LogP contribution in [-0.2, 0) is 13.0 Å². The normalized spacial score (nSPS) is 11.7. The van der Waals surface area contributed by atoms with E-state index in [0.29, 0.717) is 29.0 Å². The molecule has 0 saturated carbocycles. The summed E-state index contributed by atoms with van der Waals surface area (Å²) in [4.78, 5) is 29.4. The van der Waals surface area contributed by atoms with Crippen LogP contribution in [0.5, 0.6) is 0 Å². The van der Waals surface area contributed by atoms with Crippen LogP contribution >= 0.6 is 0 Å². The monoisotopic (exact) mass is 421 g/mol. The number of aryl methyl sites for hydroxylation is 3. The Kier molecular flexibility index (Phi) is 4.10. The first kappa shape index (κ1) is 18.4. The van der Waals surface area contributed by atoms with Crippen molar-refractivity contribution < 1.29 is 0 Å². The third kappa shape index (κ3) is 2.96. The molecule has 156 valence electrons. The standard InChI is InChI=1S/C24H19N7O/c1-15-2-3-20-18(12-15)17(13-26-20)6-10-30-11-7-21-19(23(30)32)14-27-24-28-22(29-31(21)24)16-4-8-25-9-5-16/h2-5,7-9,11-14,26H,6,10H2,1H3. The number of fused-ring (bicyclic) bond motifs is 4. The van der Waals surface area contributed by atoms with Gasteiger partial charge in [0, 0.05) is 54.0 Å². The number of hydrogen-bond acceptors (Lipinski definition) is 5. The Morgan fingerprint density at radius 3 is 2.81 bits per heavy atom. The molecule has 5 aromatic heterocycles. The van der Waals surface area contributed by atoms with Crippen molar-refractivity contribution in [2.45, 2.75) is 19.9 Å². The van der Waals surface area contributed by atoms with Gasteiger partial charge in [0.25, 0.3) is 11.3 Å². The van der Waals surface area contributed by atoms with Crippen molar-refractivity contribution in [3.05, 3.63) is 88.9 Å². The van der Waals surface area contributed by atoms with Gasteiger partial charge in [-0.2, -0.15) is 9.50 Å². The highest BCUT2D eigenvalue weighted by Crippen LogP contribution is 2.21. The molecule has 0 spiro atoms. The molecular weight excluding hydrogens is 402 g/mol. The molecule has 6 rings (SSSR count). The molecule has 0 atom stereocenters. The van der Waals surface area contributed by atoms with Gasteiger partial charge < -0.3 is 9.55 Å². The molecule has 5 heterocycles. The zero-order valence-corrected chi connectivity index (χ0v) is 17.4. The van der Waals surface area contributed by atoms with Gasteiger partial charge in [-0.1, -0.05) is 11.6 Å². The smallest absolute Gasteiger partial charge is 0.261 e. The molecule has 6 aromatic rings. The minimum Gasteiger partial charge on any atom is -0.361 e. The number of aromatic nitrogens is 7. The van der Waals surface area contributed by atoms with Crippen molar-refractivity contribution >= 4 is 27.6 Å². The van der Waals surface area contributed by atoms with E-state index in [4.69, 9.17) is 0 Å². The van der Waals surface area contributed by atoms with Gasteiger partial charge in [-0.15, -0.1) is 5.10 Å². The van der Waals surface area contributed by atoms with Crippen molar-refractivity contribution in [3.63, 3.8) is 0 Å². The van der Waals surface area contributed by atoms with E-state index in [1.54, 1.807) is 27.7 Å². The predicted octanol–water partition coefficient (Wildman–Crippen LogP) is 3.53.